The lowest BCUT2D eigenvalue weighted by molar-refractivity contribution is 0.146. The highest BCUT2D eigenvalue weighted by Gasteiger charge is 2.12. The Kier molecular flexibility index (Phi) is 10.7. The summed E-state index contributed by atoms with van der Waals surface area (Å²) in [6, 6.07) is 7.51. The zero-order chi connectivity index (χ0) is 19.2. The Labute approximate surface area is 164 Å². The van der Waals surface area contributed by atoms with Gasteiger partial charge in [-0.25, -0.2) is 4.79 Å². The largest absolute Gasteiger partial charge is 0.494 e. The molecule has 0 unspecified atom stereocenters. The van der Waals surface area contributed by atoms with E-state index in [2.05, 4.69) is 17.1 Å². The monoisotopic (exact) mass is 376 g/mol. The van der Waals surface area contributed by atoms with Crippen molar-refractivity contribution >= 4 is 11.8 Å². The Balaban J connectivity index is 1.57. The number of rotatable bonds is 13. The fourth-order valence-electron chi connectivity index (χ4n) is 3.34. The molecule has 0 aromatic heterocycles. The van der Waals surface area contributed by atoms with E-state index in [9.17, 15) is 4.79 Å². The maximum atomic E-state index is 11.9. The van der Waals surface area contributed by atoms with Gasteiger partial charge in [0, 0.05) is 18.3 Å². The van der Waals surface area contributed by atoms with Gasteiger partial charge >= 0.3 is 6.09 Å². The van der Waals surface area contributed by atoms with Crippen LogP contribution in [-0.4, -0.2) is 43.8 Å². The van der Waals surface area contributed by atoms with Gasteiger partial charge in [-0.1, -0.05) is 51.5 Å². The van der Waals surface area contributed by atoms with E-state index >= 15 is 0 Å². The Morgan fingerprint density at radius 3 is 2.56 bits per heavy atom. The van der Waals surface area contributed by atoms with E-state index in [1.165, 1.54) is 51.4 Å². The quantitative estimate of drug-likeness (QED) is 0.464. The van der Waals surface area contributed by atoms with Crippen molar-refractivity contribution in [2.45, 2.75) is 64.7 Å². The van der Waals surface area contributed by atoms with Crippen LogP contribution in [0.1, 0.15) is 64.7 Å². The number of nitrogens with zero attached hydrogens (tertiary/aromatic N) is 1. The molecule has 1 fully saturated rings. The molecule has 1 aromatic carbocycles. The first-order chi connectivity index (χ1) is 13.3. The number of nitrogens with one attached hydrogen (secondary N) is 1. The molecule has 0 radical (unpaired) electrons. The van der Waals surface area contributed by atoms with Crippen molar-refractivity contribution in [1.29, 1.82) is 0 Å². The van der Waals surface area contributed by atoms with Crippen molar-refractivity contribution in [3.8, 4) is 5.75 Å². The van der Waals surface area contributed by atoms with E-state index in [0.29, 0.717) is 12.3 Å². The summed E-state index contributed by atoms with van der Waals surface area (Å²) >= 11 is 0. The minimum Gasteiger partial charge on any atom is -0.494 e. The molecule has 2 rings (SSSR count). The molecule has 0 atom stereocenters. The van der Waals surface area contributed by atoms with Crippen LogP contribution in [-0.2, 0) is 4.74 Å². The molecule has 0 spiro atoms. The average Bonchev–Trinajstić information content (AvgIpc) is 3.18. The minimum atomic E-state index is -0.404. The molecular formula is C22H36N2O3. The van der Waals surface area contributed by atoms with Crippen LogP contribution < -0.4 is 10.1 Å². The van der Waals surface area contributed by atoms with Crippen LogP contribution in [0.15, 0.2) is 24.3 Å². The van der Waals surface area contributed by atoms with Gasteiger partial charge in [-0.15, -0.1) is 0 Å². The maximum Gasteiger partial charge on any atom is 0.411 e. The van der Waals surface area contributed by atoms with Crippen LogP contribution in [0, 0.1) is 0 Å². The second kappa shape index (κ2) is 13.4. The lowest BCUT2D eigenvalue weighted by Gasteiger charge is -2.14. The lowest BCUT2D eigenvalue weighted by Crippen LogP contribution is -2.26. The van der Waals surface area contributed by atoms with Gasteiger partial charge in [0.1, 0.15) is 12.4 Å². The fourth-order valence-corrected chi connectivity index (χ4v) is 3.34. The number of carbonyl (C=O) groups is 1. The Hall–Kier alpha value is -1.75. The third-order valence-electron chi connectivity index (χ3n) is 4.94. The second-order valence-corrected chi connectivity index (χ2v) is 7.31. The zero-order valence-electron chi connectivity index (χ0n) is 16.9. The summed E-state index contributed by atoms with van der Waals surface area (Å²) < 4.78 is 11.1. The average molecular weight is 377 g/mol. The molecule has 1 aromatic rings. The third kappa shape index (κ3) is 9.66. The number of ether oxygens (including phenoxy) is 2. The van der Waals surface area contributed by atoms with E-state index in [4.69, 9.17) is 9.47 Å². The third-order valence-corrected chi connectivity index (χ3v) is 4.94. The van der Waals surface area contributed by atoms with E-state index in [0.717, 1.165) is 38.4 Å². The molecular weight excluding hydrogens is 340 g/mol. The molecule has 1 heterocycles. The molecule has 5 nitrogen and oxygen atoms in total. The number of unbranched alkanes of at least 4 members (excludes halogenated alkanes) is 6. The van der Waals surface area contributed by atoms with Crippen LogP contribution in [0.25, 0.3) is 0 Å². The summed E-state index contributed by atoms with van der Waals surface area (Å²) in [4.78, 5) is 14.2. The molecule has 0 aliphatic carbocycles. The van der Waals surface area contributed by atoms with Crippen LogP contribution in [0.2, 0.25) is 0 Å². The molecule has 1 saturated heterocycles. The molecule has 1 aliphatic heterocycles. The van der Waals surface area contributed by atoms with Crippen molar-refractivity contribution in [2.75, 3.05) is 38.2 Å². The maximum absolute atomic E-state index is 11.9. The molecule has 1 aliphatic rings. The number of carbonyl (C=O) groups excluding carboxylic acids is 1. The number of hydrogen-bond acceptors (Lipinski definition) is 4. The molecule has 0 bridgehead atoms. The van der Waals surface area contributed by atoms with Gasteiger partial charge in [-0.3, -0.25) is 10.2 Å². The van der Waals surface area contributed by atoms with Crippen molar-refractivity contribution in [3.63, 3.8) is 0 Å². The highest BCUT2D eigenvalue weighted by Crippen LogP contribution is 2.18. The number of hydrogen-bond donors (Lipinski definition) is 1. The topological polar surface area (TPSA) is 50.8 Å². The summed E-state index contributed by atoms with van der Waals surface area (Å²) in [5, 5.41) is 2.78. The molecule has 152 valence electrons. The van der Waals surface area contributed by atoms with Gasteiger partial charge in [-0.2, -0.15) is 0 Å². The minimum absolute atomic E-state index is 0.404. The van der Waals surface area contributed by atoms with Crippen molar-refractivity contribution in [2.24, 2.45) is 0 Å². The molecule has 27 heavy (non-hydrogen) atoms. The van der Waals surface area contributed by atoms with Crippen molar-refractivity contribution < 1.29 is 14.3 Å². The zero-order valence-corrected chi connectivity index (χ0v) is 16.9. The summed E-state index contributed by atoms with van der Waals surface area (Å²) in [5.41, 5.74) is 0.707. The highest BCUT2D eigenvalue weighted by atomic mass is 16.5. The summed E-state index contributed by atoms with van der Waals surface area (Å²) in [6.45, 7) is 6.43. The first kappa shape index (κ1) is 21.5. The summed E-state index contributed by atoms with van der Waals surface area (Å²) in [5.74, 6) is 0.788. The Bertz CT molecular complexity index is 530. The lowest BCUT2D eigenvalue weighted by atomic mass is 10.1. The Morgan fingerprint density at radius 2 is 1.78 bits per heavy atom. The smallest absolute Gasteiger partial charge is 0.411 e. The number of benzene rings is 1. The van der Waals surface area contributed by atoms with Crippen LogP contribution >= 0.6 is 0 Å². The van der Waals surface area contributed by atoms with Crippen LogP contribution in [0.4, 0.5) is 10.5 Å². The normalized spacial score (nSPS) is 14.3. The second-order valence-electron chi connectivity index (χ2n) is 7.31. The van der Waals surface area contributed by atoms with Crippen LogP contribution in [0.5, 0.6) is 5.75 Å². The first-order valence-electron chi connectivity index (χ1n) is 10.7. The summed E-state index contributed by atoms with van der Waals surface area (Å²) in [7, 11) is 0. The van der Waals surface area contributed by atoms with E-state index in [1.54, 1.807) is 0 Å². The van der Waals surface area contributed by atoms with Crippen molar-refractivity contribution in [1.82, 2.24) is 4.90 Å². The number of anilines is 1. The van der Waals surface area contributed by atoms with Crippen molar-refractivity contribution in [3.05, 3.63) is 24.3 Å². The first-order valence-corrected chi connectivity index (χ1v) is 10.7. The number of likely N-dealkylation sites (tertiary alicyclic amines) is 1. The fraction of sp³-hybridized carbons (Fsp3) is 0.682. The predicted molar refractivity (Wildman–Crippen MR) is 111 cm³/mol. The van der Waals surface area contributed by atoms with Gasteiger partial charge < -0.3 is 9.47 Å². The highest BCUT2D eigenvalue weighted by molar-refractivity contribution is 5.84. The Morgan fingerprint density at radius 1 is 1.04 bits per heavy atom. The molecule has 1 N–H and O–H groups in total. The van der Waals surface area contributed by atoms with E-state index in [1.807, 2.05) is 24.3 Å². The molecule has 0 saturated carbocycles. The number of amides is 1. The van der Waals surface area contributed by atoms with Gasteiger partial charge in [0.05, 0.1) is 6.61 Å². The van der Waals surface area contributed by atoms with Gasteiger partial charge in [0.15, 0.2) is 0 Å². The molecule has 5 heteroatoms. The standard InChI is InChI=1S/C22H36N2O3/c1-2-3-4-5-6-7-10-17-26-21-13-11-12-20(19-21)23-22(25)27-18-16-24-14-8-9-15-24/h11-13,19H,2-10,14-18H2,1H3,(H,23,25). The predicted octanol–water partition coefficient (Wildman–Crippen LogP) is 5.46. The van der Waals surface area contributed by atoms with Gasteiger partial charge in [0.25, 0.3) is 0 Å². The van der Waals surface area contributed by atoms with E-state index < -0.39 is 6.09 Å². The van der Waals surface area contributed by atoms with Gasteiger partial charge in [-0.05, 0) is 44.5 Å². The summed E-state index contributed by atoms with van der Waals surface area (Å²) in [6.07, 6.45) is 11.0. The SMILES string of the molecule is CCCCCCCCCOc1cccc(NC(=O)OCCN2CCCC2)c1. The van der Waals surface area contributed by atoms with Gasteiger partial charge in [0.2, 0.25) is 0 Å². The molecule has 1 amide bonds. The van der Waals surface area contributed by atoms with E-state index in [-0.39, 0.29) is 0 Å². The van der Waals surface area contributed by atoms with Crippen LogP contribution in [0.3, 0.4) is 0 Å².